The van der Waals surface area contributed by atoms with Crippen molar-refractivity contribution in [2.75, 3.05) is 0 Å². The summed E-state index contributed by atoms with van der Waals surface area (Å²) in [6.45, 7) is 1.74. The van der Waals surface area contributed by atoms with Gasteiger partial charge in [-0.05, 0) is 24.1 Å². The first-order chi connectivity index (χ1) is 8.66. The van der Waals surface area contributed by atoms with Gasteiger partial charge in [-0.15, -0.1) is 0 Å². The van der Waals surface area contributed by atoms with Crippen molar-refractivity contribution in [3.8, 4) is 11.1 Å². The molecule has 4 heteroatoms. The van der Waals surface area contributed by atoms with Crippen LogP contribution in [0, 0.1) is 12.7 Å². The first-order valence-corrected chi connectivity index (χ1v) is 5.69. The maximum absolute atomic E-state index is 14.0. The molecule has 0 bridgehead atoms. The molecule has 0 spiro atoms. The summed E-state index contributed by atoms with van der Waals surface area (Å²) in [5.74, 6) is -0.252. The number of hydrogen-bond donors (Lipinski definition) is 0. The average Bonchev–Trinajstić information content (AvgIpc) is 2.80. The van der Waals surface area contributed by atoms with Crippen LogP contribution < -0.4 is 0 Å². The Morgan fingerprint density at radius 2 is 2.06 bits per heavy atom. The van der Waals surface area contributed by atoms with E-state index in [1.807, 2.05) is 25.4 Å². The van der Waals surface area contributed by atoms with Crippen LogP contribution in [0.5, 0.6) is 0 Å². The summed E-state index contributed by atoms with van der Waals surface area (Å²) in [5, 5.41) is 4.96. The van der Waals surface area contributed by atoms with E-state index in [0.29, 0.717) is 11.1 Å². The van der Waals surface area contributed by atoms with Crippen LogP contribution in [0.3, 0.4) is 0 Å². The molecule has 3 aromatic rings. The van der Waals surface area contributed by atoms with Gasteiger partial charge in [0, 0.05) is 30.4 Å². The summed E-state index contributed by atoms with van der Waals surface area (Å²) in [7, 11) is 1.86. The summed E-state index contributed by atoms with van der Waals surface area (Å²) in [6, 6.07) is 5.57. The molecule has 0 aliphatic heterocycles. The second kappa shape index (κ2) is 3.91. The van der Waals surface area contributed by atoms with Crippen LogP contribution >= 0.6 is 0 Å². The molecule has 1 aromatic carbocycles. The second-order valence-electron chi connectivity index (χ2n) is 4.35. The number of halogens is 1. The van der Waals surface area contributed by atoms with Gasteiger partial charge in [-0.3, -0.25) is 9.67 Å². The third kappa shape index (κ3) is 1.57. The molecular formula is C14H12FN3. The highest BCUT2D eigenvalue weighted by atomic mass is 19.1. The van der Waals surface area contributed by atoms with E-state index in [1.165, 1.54) is 0 Å². The average molecular weight is 241 g/mol. The molecule has 0 saturated carbocycles. The molecule has 18 heavy (non-hydrogen) atoms. The minimum atomic E-state index is -0.252. The van der Waals surface area contributed by atoms with Crippen molar-refractivity contribution in [3.63, 3.8) is 0 Å². The van der Waals surface area contributed by atoms with Crippen LogP contribution in [0.1, 0.15) is 5.56 Å². The lowest BCUT2D eigenvalue weighted by Crippen LogP contribution is -1.90. The van der Waals surface area contributed by atoms with Gasteiger partial charge >= 0.3 is 0 Å². The standard InChI is InChI=1S/C14H12FN3/c1-9-3-4-12-11(10-7-17-18(2)8-10)5-6-16-14(12)13(9)15/h3-8H,1-2H3. The van der Waals surface area contributed by atoms with Crippen molar-refractivity contribution in [1.29, 1.82) is 0 Å². The largest absolute Gasteiger partial charge is 0.275 e. The Bertz CT molecular complexity index is 731. The fourth-order valence-electron chi connectivity index (χ4n) is 2.10. The van der Waals surface area contributed by atoms with Crippen molar-refractivity contribution in [2.45, 2.75) is 6.92 Å². The number of pyridine rings is 1. The van der Waals surface area contributed by atoms with E-state index in [0.717, 1.165) is 16.5 Å². The number of benzene rings is 1. The normalized spacial score (nSPS) is 11.1. The molecule has 0 amide bonds. The van der Waals surface area contributed by atoms with E-state index in [-0.39, 0.29) is 5.82 Å². The van der Waals surface area contributed by atoms with Gasteiger partial charge in [0.2, 0.25) is 0 Å². The van der Waals surface area contributed by atoms with Crippen LogP contribution in [0.15, 0.2) is 36.8 Å². The van der Waals surface area contributed by atoms with Gasteiger partial charge in [0.05, 0.1) is 6.20 Å². The van der Waals surface area contributed by atoms with Crippen molar-refractivity contribution in [1.82, 2.24) is 14.8 Å². The Labute approximate surface area is 104 Å². The van der Waals surface area contributed by atoms with E-state index in [9.17, 15) is 4.39 Å². The maximum Gasteiger partial charge on any atom is 0.152 e. The number of aromatic nitrogens is 3. The summed E-state index contributed by atoms with van der Waals surface area (Å²) < 4.78 is 15.7. The first-order valence-electron chi connectivity index (χ1n) is 5.69. The summed E-state index contributed by atoms with van der Waals surface area (Å²) in [5.41, 5.74) is 2.94. The van der Waals surface area contributed by atoms with Crippen molar-refractivity contribution >= 4 is 10.9 Å². The lowest BCUT2D eigenvalue weighted by molar-refractivity contribution is 0.628. The molecule has 0 aliphatic rings. The SMILES string of the molecule is Cc1ccc2c(-c3cnn(C)c3)ccnc2c1F. The molecule has 0 fully saturated rings. The highest BCUT2D eigenvalue weighted by Gasteiger charge is 2.10. The third-order valence-electron chi connectivity index (χ3n) is 3.06. The zero-order valence-electron chi connectivity index (χ0n) is 10.2. The highest BCUT2D eigenvalue weighted by Crippen LogP contribution is 2.29. The molecule has 0 radical (unpaired) electrons. The summed E-state index contributed by atoms with van der Waals surface area (Å²) in [6.07, 6.45) is 5.31. The first kappa shape index (κ1) is 10.9. The number of aryl methyl sites for hydroxylation is 2. The lowest BCUT2D eigenvalue weighted by Gasteiger charge is -2.06. The molecule has 3 nitrogen and oxygen atoms in total. The van der Waals surface area contributed by atoms with Gasteiger partial charge in [-0.25, -0.2) is 4.39 Å². The van der Waals surface area contributed by atoms with Gasteiger partial charge in [0.1, 0.15) is 5.52 Å². The summed E-state index contributed by atoms with van der Waals surface area (Å²) in [4.78, 5) is 4.13. The predicted molar refractivity (Wildman–Crippen MR) is 68.6 cm³/mol. The number of rotatable bonds is 1. The van der Waals surface area contributed by atoms with E-state index >= 15 is 0 Å². The van der Waals surface area contributed by atoms with Gasteiger partial charge < -0.3 is 0 Å². The van der Waals surface area contributed by atoms with E-state index in [1.54, 1.807) is 30.1 Å². The molecule has 0 saturated heterocycles. The van der Waals surface area contributed by atoms with E-state index in [2.05, 4.69) is 10.1 Å². The molecule has 3 rings (SSSR count). The predicted octanol–water partition coefficient (Wildman–Crippen LogP) is 3.08. The number of hydrogen-bond acceptors (Lipinski definition) is 2. The number of fused-ring (bicyclic) bond motifs is 1. The van der Waals surface area contributed by atoms with E-state index in [4.69, 9.17) is 0 Å². The van der Waals surface area contributed by atoms with Crippen LogP contribution in [-0.4, -0.2) is 14.8 Å². The fourth-order valence-corrected chi connectivity index (χ4v) is 2.10. The Morgan fingerprint density at radius 3 is 2.78 bits per heavy atom. The fraction of sp³-hybridized carbons (Fsp3) is 0.143. The van der Waals surface area contributed by atoms with Crippen LogP contribution in [-0.2, 0) is 7.05 Å². The van der Waals surface area contributed by atoms with Crippen LogP contribution in [0.25, 0.3) is 22.0 Å². The molecule has 2 heterocycles. The Hall–Kier alpha value is -2.23. The van der Waals surface area contributed by atoms with Gasteiger partial charge in [-0.1, -0.05) is 12.1 Å². The van der Waals surface area contributed by atoms with Crippen molar-refractivity contribution in [2.24, 2.45) is 7.05 Å². The second-order valence-corrected chi connectivity index (χ2v) is 4.35. The number of nitrogens with zero attached hydrogens (tertiary/aromatic N) is 3. The molecule has 0 N–H and O–H groups in total. The molecule has 90 valence electrons. The molecule has 2 aromatic heterocycles. The zero-order valence-corrected chi connectivity index (χ0v) is 10.2. The molecule has 0 unspecified atom stereocenters. The quantitative estimate of drug-likeness (QED) is 0.655. The Kier molecular flexibility index (Phi) is 2.37. The monoisotopic (exact) mass is 241 g/mol. The zero-order chi connectivity index (χ0) is 12.7. The van der Waals surface area contributed by atoms with Crippen LogP contribution in [0.4, 0.5) is 4.39 Å². The van der Waals surface area contributed by atoms with Gasteiger partial charge in [-0.2, -0.15) is 5.10 Å². The lowest BCUT2D eigenvalue weighted by atomic mass is 10.0. The smallest absolute Gasteiger partial charge is 0.152 e. The maximum atomic E-state index is 14.0. The van der Waals surface area contributed by atoms with Crippen molar-refractivity contribution < 1.29 is 4.39 Å². The topological polar surface area (TPSA) is 30.7 Å². The summed E-state index contributed by atoms with van der Waals surface area (Å²) >= 11 is 0. The minimum Gasteiger partial charge on any atom is -0.275 e. The molecule has 0 aliphatic carbocycles. The van der Waals surface area contributed by atoms with Crippen LogP contribution in [0.2, 0.25) is 0 Å². The molecular weight excluding hydrogens is 229 g/mol. The van der Waals surface area contributed by atoms with E-state index < -0.39 is 0 Å². The van der Waals surface area contributed by atoms with Gasteiger partial charge in [0.25, 0.3) is 0 Å². The molecule has 0 atom stereocenters. The minimum absolute atomic E-state index is 0.252. The Balaban J connectivity index is 2.34. The Morgan fingerprint density at radius 1 is 1.22 bits per heavy atom. The van der Waals surface area contributed by atoms with Crippen molar-refractivity contribution in [3.05, 3.63) is 48.2 Å². The third-order valence-corrected chi connectivity index (χ3v) is 3.06. The highest BCUT2D eigenvalue weighted by molar-refractivity contribution is 5.94. The van der Waals surface area contributed by atoms with Gasteiger partial charge in [0.15, 0.2) is 5.82 Å².